The number of nitrogens with one attached hydrogen (secondary N) is 1. The molecule has 0 aromatic carbocycles. The van der Waals surface area contributed by atoms with Crippen molar-refractivity contribution in [1.82, 2.24) is 10.2 Å². The molecule has 20 heavy (non-hydrogen) atoms. The van der Waals surface area contributed by atoms with E-state index in [4.69, 9.17) is 0 Å². The minimum Gasteiger partial charge on any atom is -0.391 e. The molecule has 0 bridgehead atoms. The molecule has 2 rings (SSSR count). The lowest BCUT2D eigenvalue weighted by molar-refractivity contribution is 0.0162. The van der Waals surface area contributed by atoms with Crippen molar-refractivity contribution in [3.05, 3.63) is 0 Å². The molecule has 4 unspecified atom stereocenters. The highest BCUT2D eigenvalue weighted by Gasteiger charge is 2.32. The van der Waals surface area contributed by atoms with Crippen molar-refractivity contribution in [1.29, 1.82) is 0 Å². The fourth-order valence-corrected chi connectivity index (χ4v) is 3.98. The summed E-state index contributed by atoms with van der Waals surface area (Å²) in [5.74, 6) is 0.755. The van der Waals surface area contributed by atoms with E-state index in [0.717, 1.165) is 18.9 Å². The Bertz CT molecular complexity index is 272. The molecule has 0 radical (unpaired) electrons. The molecule has 2 N–H and O–H groups in total. The Balaban J connectivity index is 1.88. The van der Waals surface area contributed by atoms with Crippen LogP contribution in [-0.4, -0.2) is 47.8 Å². The van der Waals surface area contributed by atoms with Crippen molar-refractivity contribution in [2.24, 2.45) is 5.92 Å². The first-order valence-electron chi connectivity index (χ1n) is 8.88. The van der Waals surface area contributed by atoms with Crippen LogP contribution in [0.1, 0.15) is 65.2 Å². The molecule has 0 aromatic rings. The maximum absolute atomic E-state index is 10.4. The third-order valence-electron chi connectivity index (χ3n) is 5.33. The molecule has 1 aliphatic heterocycles. The highest BCUT2D eigenvalue weighted by Crippen LogP contribution is 2.28. The van der Waals surface area contributed by atoms with Gasteiger partial charge in [0.05, 0.1) is 6.10 Å². The lowest BCUT2D eigenvalue weighted by Crippen LogP contribution is -2.51. The van der Waals surface area contributed by atoms with Gasteiger partial charge in [0.2, 0.25) is 0 Å². The van der Waals surface area contributed by atoms with E-state index >= 15 is 0 Å². The van der Waals surface area contributed by atoms with Crippen LogP contribution in [0.5, 0.6) is 0 Å². The van der Waals surface area contributed by atoms with Crippen molar-refractivity contribution in [2.45, 2.75) is 83.4 Å². The Morgan fingerprint density at radius 3 is 2.75 bits per heavy atom. The van der Waals surface area contributed by atoms with Crippen LogP contribution in [0.2, 0.25) is 0 Å². The predicted octanol–water partition coefficient (Wildman–Crippen LogP) is 2.78. The zero-order valence-corrected chi connectivity index (χ0v) is 13.5. The maximum atomic E-state index is 10.4. The number of rotatable bonds is 5. The second-order valence-corrected chi connectivity index (χ2v) is 6.91. The van der Waals surface area contributed by atoms with Crippen LogP contribution in [0.25, 0.3) is 0 Å². The van der Waals surface area contributed by atoms with Gasteiger partial charge in [0.15, 0.2) is 0 Å². The summed E-state index contributed by atoms with van der Waals surface area (Å²) < 4.78 is 0. The lowest BCUT2D eigenvalue weighted by Gasteiger charge is -2.41. The van der Waals surface area contributed by atoms with Crippen molar-refractivity contribution >= 4 is 0 Å². The van der Waals surface area contributed by atoms with Crippen LogP contribution in [0.3, 0.4) is 0 Å². The minimum absolute atomic E-state index is 0.0878. The van der Waals surface area contributed by atoms with E-state index in [0.29, 0.717) is 12.1 Å². The molecular weight excluding hydrogens is 248 g/mol. The Morgan fingerprint density at radius 2 is 1.95 bits per heavy atom. The summed E-state index contributed by atoms with van der Waals surface area (Å²) in [5, 5.41) is 14.1. The average molecular weight is 282 g/mol. The van der Waals surface area contributed by atoms with E-state index in [9.17, 15) is 5.11 Å². The number of likely N-dealkylation sites (tertiary alicyclic amines) is 1. The second kappa shape index (κ2) is 8.35. The monoisotopic (exact) mass is 282 g/mol. The summed E-state index contributed by atoms with van der Waals surface area (Å²) in [6.45, 7) is 8.07. The Morgan fingerprint density at radius 1 is 1.15 bits per heavy atom. The molecule has 3 heteroatoms. The van der Waals surface area contributed by atoms with Gasteiger partial charge in [0, 0.05) is 18.6 Å². The molecule has 118 valence electrons. The molecule has 0 amide bonds. The van der Waals surface area contributed by atoms with Crippen LogP contribution < -0.4 is 5.32 Å². The van der Waals surface area contributed by atoms with Crippen LogP contribution in [0.15, 0.2) is 0 Å². The zero-order chi connectivity index (χ0) is 14.4. The first-order chi connectivity index (χ1) is 9.72. The minimum atomic E-state index is -0.0878. The van der Waals surface area contributed by atoms with Gasteiger partial charge in [-0.2, -0.15) is 0 Å². The zero-order valence-electron chi connectivity index (χ0n) is 13.5. The SMILES string of the molecule is CCCNC(C)C1CCCN(C2CCCCCC2O)C1. The fraction of sp³-hybridized carbons (Fsp3) is 1.00. The molecule has 2 fully saturated rings. The largest absolute Gasteiger partial charge is 0.391 e. The summed E-state index contributed by atoms with van der Waals surface area (Å²) in [4.78, 5) is 2.61. The molecule has 2 aliphatic rings. The normalized spacial score (nSPS) is 34.6. The van der Waals surface area contributed by atoms with E-state index in [1.54, 1.807) is 0 Å². The van der Waals surface area contributed by atoms with E-state index in [1.807, 2.05) is 0 Å². The van der Waals surface area contributed by atoms with Crippen molar-refractivity contribution in [3.63, 3.8) is 0 Å². The molecule has 1 saturated heterocycles. The first-order valence-corrected chi connectivity index (χ1v) is 8.88. The summed E-state index contributed by atoms with van der Waals surface area (Å²) in [6.07, 6.45) is 9.79. The van der Waals surface area contributed by atoms with Gasteiger partial charge in [0.1, 0.15) is 0 Å². The predicted molar refractivity (Wildman–Crippen MR) is 84.9 cm³/mol. The van der Waals surface area contributed by atoms with Crippen LogP contribution in [-0.2, 0) is 0 Å². The smallest absolute Gasteiger partial charge is 0.0695 e. The Labute approximate surface area is 125 Å². The number of nitrogens with zero attached hydrogens (tertiary/aromatic N) is 1. The Kier molecular flexibility index (Phi) is 6.79. The summed E-state index contributed by atoms with van der Waals surface area (Å²) in [6, 6.07) is 1.04. The van der Waals surface area contributed by atoms with Crippen LogP contribution in [0, 0.1) is 5.92 Å². The van der Waals surface area contributed by atoms with Crippen LogP contribution >= 0.6 is 0 Å². The summed E-state index contributed by atoms with van der Waals surface area (Å²) in [5.41, 5.74) is 0. The molecule has 3 nitrogen and oxygen atoms in total. The van der Waals surface area contributed by atoms with Gasteiger partial charge >= 0.3 is 0 Å². The molecule has 1 heterocycles. The molecule has 1 aliphatic carbocycles. The van der Waals surface area contributed by atoms with Gasteiger partial charge in [-0.1, -0.05) is 26.2 Å². The van der Waals surface area contributed by atoms with E-state index in [-0.39, 0.29) is 6.10 Å². The third-order valence-corrected chi connectivity index (χ3v) is 5.33. The van der Waals surface area contributed by atoms with E-state index in [2.05, 4.69) is 24.1 Å². The lowest BCUT2D eigenvalue weighted by atomic mass is 9.89. The number of aliphatic hydroxyl groups is 1. The summed E-state index contributed by atoms with van der Waals surface area (Å²) in [7, 11) is 0. The third kappa shape index (κ3) is 4.44. The topological polar surface area (TPSA) is 35.5 Å². The number of hydrogen-bond donors (Lipinski definition) is 2. The number of aliphatic hydroxyl groups excluding tert-OH is 1. The average Bonchev–Trinajstić information content (AvgIpc) is 2.69. The fourth-order valence-electron chi connectivity index (χ4n) is 3.98. The highest BCUT2D eigenvalue weighted by atomic mass is 16.3. The second-order valence-electron chi connectivity index (χ2n) is 6.91. The van der Waals surface area contributed by atoms with Crippen molar-refractivity contribution in [2.75, 3.05) is 19.6 Å². The standard InChI is InChI=1S/C17H34N2O/c1-3-11-18-14(2)15-8-7-12-19(13-15)16-9-5-4-6-10-17(16)20/h14-18,20H,3-13H2,1-2H3. The number of hydrogen-bond acceptors (Lipinski definition) is 3. The van der Waals surface area contributed by atoms with Crippen molar-refractivity contribution < 1.29 is 5.11 Å². The quantitative estimate of drug-likeness (QED) is 0.761. The van der Waals surface area contributed by atoms with Gasteiger partial charge in [-0.25, -0.2) is 0 Å². The highest BCUT2D eigenvalue weighted by molar-refractivity contribution is 4.88. The molecule has 4 atom stereocenters. The molecule has 0 aromatic heterocycles. The maximum Gasteiger partial charge on any atom is 0.0695 e. The van der Waals surface area contributed by atoms with Gasteiger partial charge < -0.3 is 10.4 Å². The van der Waals surface area contributed by atoms with E-state index in [1.165, 1.54) is 58.0 Å². The summed E-state index contributed by atoms with van der Waals surface area (Å²) >= 11 is 0. The van der Waals surface area contributed by atoms with Crippen LogP contribution in [0.4, 0.5) is 0 Å². The van der Waals surface area contributed by atoms with E-state index < -0.39 is 0 Å². The van der Waals surface area contributed by atoms with Crippen molar-refractivity contribution in [3.8, 4) is 0 Å². The Hall–Kier alpha value is -0.120. The van der Waals surface area contributed by atoms with Gasteiger partial charge in [0.25, 0.3) is 0 Å². The molecule has 1 saturated carbocycles. The first kappa shape index (κ1) is 16.3. The number of piperidine rings is 1. The molecule has 0 spiro atoms. The van der Waals surface area contributed by atoms with Gasteiger partial charge in [-0.15, -0.1) is 0 Å². The van der Waals surface area contributed by atoms with Gasteiger partial charge in [-0.3, -0.25) is 4.90 Å². The van der Waals surface area contributed by atoms with Gasteiger partial charge in [-0.05, 0) is 58.0 Å². The molecular formula is C17H34N2O.